The first-order chi connectivity index (χ1) is 8.13. The molecule has 1 aromatic rings. The van der Waals surface area contributed by atoms with Crippen molar-refractivity contribution in [2.24, 2.45) is 0 Å². The monoisotopic (exact) mass is 228 g/mol. The lowest BCUT2D eigenvalue weighted by atomic mass is 9.91. The van der Waals surface area contributed by atoms with Crippen molar-refractivity contribution in [1.82, 2.24) is 0 Å². The van der Waals surface area contributed by atoms with Gasteiger partial charge in [-0.1, -0.05) is 25.8 Å². The van der Waals surface area contributed by atoms with Gasteiger partial charge in [0.2, 0.25) is 0 Å². The summed E-state index contributed by atoms with van der Waals surface area (Å²) in [4.78, 5) is 0. The summed E-state index contributed by atoms with van der Waals surface area (Å²) in [5.41, 5.74) is 3.63. The fourth-order valence-electron chi connectivity index (χ4n) is 2.43. The van der Waals surface area contributed by atoms with Gasteiger partial charge in [-0.3, -0.25) is 0 Å². The summed E-state index contributed by atoms with van der Waals surface area (Å²) in [7, 11) is 0. The first-order valence-electron chi connectivity index (χ1n) is 6.38. The van der Waals surface area contributed by atoms with Crippen LogP contribution in [0.25, 0.3) is 0 Å². The van der Waals surface area contributed by atoms with Gasteiger partial charge in [-0.25, -0.2) is 0 Å². The Morgan fingerprint density at radius 1 is 1.41 bits per heavy atom. The summed E-state index contributed by atoms with van der Waals surface area (Å²) >= 11 is 0. The second-order valence-corrected chi connectivity index (χ2v) is 5.03. The zero-order valence-electron chi connectivity index (χ0n) is 10.9. The molecule has 1 nitrogen and oxygen atoms in total. The third kappa shape index (κ3) is 2.23. The molecule has 0 unspecified atom stereocenters. The SMILES string of the molecule is C#Cc1ccc(C2(OCC)CC2)c(C(C)C)c1. The number of ether oxygens (including phenoxy) is 1. The molecular formula is C16H20O. The predicted molar refractivity (Wildman–Crippen MR) is 71.0 cm³/mol. The van der Waals surface area contributed by atoms with Crippen molar-refractivity contribution in [1.29, 1.82) is 0 Å². The van der Waals surface area contributed by atoms with Crippen molar-refractivity contribution in [3.8, 4) is 12.3 Å². The van der Waals surface area contributed by atoms with Gasteiger partial charge >= 0.3 is 0 Å². The predicted octanol–water partition coefficient (Wildman–Crippen LogP) is 3.82. The van der Waals surface area contributed by atoms with Gasteiger partial charge in [-0.05, 0) is 48.9 Å². The van der Waals surface area contributed by atoms with E-state index in [1.807, 2.05) is 6.07 Å². The molecule has 90 valence electrons. The van der Waals surface area contributed by atoms with Crippen LogP contribution >= 0.6 is 0 Å². The maximum Gasteiger partial charge on any atom is 0.0936 e. The Morgan fingerprint density at radius 3 is 2.59 bits per heavy atom. The van der Waals surface area contributed by atoms with Gasteiger partial charge in [0, 0.05) is 12.2 Å². The topological polar surface area (TPSA) is 9.23 Å². The molecule has 0 aliphatic heterocycles. The molecular weight excluding hydrogens is 208 g/mol. The lowest BCUT2D eigenvalue weighted by molar-refractivity contribution is 0.0388. The van der Waals surface area contributed by atoms with E-state index in [0.29, 0.717) is 5.92 Å². The average molecular weight is 228 g/mol. The van der Waals surface area contributed by atoms with E-state index in [9.17, 15) is 0 Å². The van der Waals surface area contributed by atoms with Gasteiger partial charge < -0.3 is 4.74 Å². The number of hydrogen-bond donors (Lipinski definition) is 0. The number of benzene rings is 1. The zero-order valence-corrected chi connectivity index (χ0v) is 10.9. The lowest BCUT2D eigenvalue weighted by Gasteiger charge is -2.22. The Morgan fingerprint density at radius 2 is 2.12 bits per heavy atom. The minimum Gasteiger partial charge on any atom is -0.371 e. The number of hydrogen-bond acceptors (Lipinski definition) is 1. The Balaban J connectivity index is 2.44. The molecule has 2 rings (SSSR count). The third-order valence-corrected chi connectivity index (χ3v) is 3.46. The molecule has 0 bridgehead atoms. The van der Waals surface area contributed by atoms with Gasteiger partial charge in [-0.15, -0.1) is 6.42 Å². The quantitative estimate of drug-likeness (QED) is 0.712. The molecule has 0 atom stereocenters. The van der Waals surface area contributed by atoms with Gasteiger partial charge in [-0.2, -0.15) is 0 Å². The van der Waals surface area contributed by atoms with Crippen molar-refractivity contribution < 1.29 is 4.74 Å². The van der Waals surface area contributed by atoms with Crippen LogP contribution in [0.1, 0.15) is 56.2 Å². The summed E-state index contributed by atoms with van der Waals surface area (Å²) < 4.78 is 5.94. The number of terminal acetylenes is 1. The van der Waals surface area contributed by atoms with Crippen LogP contribution in [-0.4, -0.2) is 6.61 Å². The van der Waals surface area contributed by atoms with Crippen LogP contribution < -0.4 is 0 Å². The van der Waals surface area contributed by atoms with Crippen LogP contribution in [0.5, 0.6) is 0 Å². The second kappa shape index (κ2) is 4.55. The van der Waals surface area contributed by atoms with Crippen molar-refractivity contribution in [2.75, 3.05) is 6.61 Å². The van der Waals surface area contributed by atoms with E-state index in [4.69, 9.17) is 11.2 Å². The van der Waals surface area contributed by atoms with Crippen LogP contribution in [0.3, 0.4) is 0 Å². The van der Waals surface area contributed by atoms with Crippen molar-refractivity contribution >= 4 is 0 Å². The standard InChI is InChI=1S/C16H20O/c1-5-13-7-8-15(14(11-13)12(3)4)16(9-10-16)17-6-2/h1,7-8,11-12H,6,9-10H2,2-4H3. The molecule has 0 heterocycles. The van der Waals surface area contributed by atoms with Gasteiger partial charge in [0.05, 0.1) is 5.60 Å². The smallest absolute Gasteiger partial charge is 0.0936 e. The fourth-order valence-corrected chi connectivity index (χ4v) is 2.43. The van der Waals surface area contributed by atoms with E-state index in [-0.39, 0.29) is 5.60 Å². The van der Waals surface area contributed by atoms with Gasteiger partial charge in [0.1, 0.15) is 0 Å². The molecule has 0 aromatic heterocycles. The highest BCUT2D eigenvalue weighted by Gasteiger charge is 2.46. The maximum atomic E-state index is 5.94. The third-order valence-electron chi connectivity index (χ3n) is 3.46. The fraction of sp³-hybridized carbons (Fsp3) is 0.500. The highest BCUT2D eigenvalue weighted by atomic mass is 16.5. The van der Waals surface area contributed by atoms with Crippen LogP contribution in [0, 0.1) is 12.3 Å². The molecule has 1 aromatic carbocycles. The number of rotatable bonds is 4. The van der Waals surface area contributed by atoms with E-state index in [2.05, 4.69) is 38.8 Å². The molecule has 1 aliphatic rings. The van der Waals surface area contributed by atoms with Crippen LogP contribution in [0.2, 0.25) is 0 Å². The Labute approximate surface area is 104 Å². The molecule has 0 radical (unpaired) electrons. The van der Waals surface area contributed by atoms with E-state index < -0.39 is 0 Å². The van der Waals surface area contributed by atoms with Gasteiger partial charge in [0.25, 0.3) is 0 Å². The first-order valence-corrected chi connectivity index (χ1v) is 6.38. The van der Waals surface area contributed by atoms with Crippen molar-refractivity contribution in [2.45, 2.75) is 45.1 Å². The van der Waals surface area contributed by atoms with E-state index in [1.54, 1.807) is 0 Å². The first kappa shape index (κ1) is 12.2. The largest absolute Gasteiger partial charge is 0.371 e. The average Bonchev–Trinajstić information content (AvgIpc) is 3.09. The minimum atomic E-state index is -0.0124. The summed E-state index contributed by atoms with van der Waals surface area (Å²) in [5.74, 6) is 3.20. The van der Waals surface area contributed by atoms with Gasteiger partial charge in [0.15, 0.2) is 0 Å². The van der Waals surface area contributed by atoms with Crippen LogP contribution in [0.4, 0.5) is 0 Å². The molecule has 0 amide bonds. The summed E-state index contributed by atoms with van der Waals surface area (Å²) in [6.45, 7) is 7.25. The Hall–Kier alpha value is -1.26. The molecule has 0 spiro atoms. The highest BCUT2D eigenvalue weighted by molar-refractivity contribution is 5.45. The van der Waals surface area contributed by atoms with Crippen molar-refractivity contribution in [3.63, 3.8) is 0 Å². The minimum absolute atomic E-state index is 0.0124. The molecule has 0 N–H and O–H groups in total. The Kier molecular flexibility index (Phi) is 3.26. The zero-order chi connectivity index (χ0) is 12.5. The van der Waals surface area contributed by atoms with E-state index in [1.165, 1.54) is 11.1 Å². The lowest BCUT2D eigenvalue weighted by Crippen LogP contribution is -2.15. The summed E-state index contributed by atoms with van der Waals surface area (Å²) in [6.07, 6.45) is 7.74. The summed E-state index contributed by atoms with van der Waals surface area (Å²) in [5, 5.41) is 0. The molecule has 0 saturated heterocycles. The highest BCUT2D eigenvalue weighted by Crippen LogP contribution is 2.51. The molecule has 1 heteroatoms. The second-order valence-electron chi connectivity index (χ2n) is 5.03. The van der Waals surface area contributed by atoms with Crippen LogP contribution in [-0.2, 0) is 10.3 Å². The Bertz CT molecular complexity index is 447. The molecule has 17 heavy (non-hydrogen) atoms. The molecule has 1 aliphatic carbocycles. The molecule has 1 fully saturated rings. The normalized spacial score (nSPS) is 16.9. The maximum absolute atomic E-state index is 5.94. The van der Waals surface area contributed by atoms with Crippen LogP contribution in [0.15, 0.2) is 18.2 Å². The van der Waals surface area contributed by atoms with E-state index >= 15 is 0 Å². The molecule has 1 saturated carbocycles. The van der Waals surface area contributed by atoms with E-state index in [0.717, 1.165) is 25.0 Å². The van der Waals surface area contributed by atoms with Crippen molar-refractivity contribution in [3.05, 3.63) is 34.9 Å². The summed E-state index contributed by atoms with van der Waals surface area (Å²) in [6, 6.07) is 6.33.